The Hall–Kier alpha value is 0.250. The highest BCUT2D eigenvalue weighted by molar-refractivity contribution is 6.20. The van der Waals surface area contributed by atoms with E-state index in [-0.39, 0.29) is 5.50 Å². The molecule has 0 aromatic carbocycles. The minimum Gasteiger partial charge on any atom is -0.290 e. The Morgan fingerprint density at radius 2 is 2.57 bits per heavy atom. The number of rotatable bonds is 0. The molecular formula is C5H9ClN. The maximum Gasteiger partial charge on any atom is 0.0851 e. The molecule has 1 rings (SSSR count). The average Bonchev–Trinajstić information content (AvgIpc) is 1.91. The van der Waals surface area contributed by atoms with E-state index in [4.69, 9.17) is 11.6 Å². The molecule has 1 heterocycles. The minimum absolute atomic E-state index is 0.264. The molecule has 0 aromatic rings. The lowest BCUT2D eigenvalue weighted by molar-refractivity contribution is 0.390. The van der Waals surface area contributed by atoms with Crippen molar-refractivity contribution in [3.8, 4) is 0 Å². The van der Waals surface area contributed by atoms with Gasteiger partial charge in [-0.2, -0.15) is 0 Å². The third-order valence-electron chi connectivity index (χ3n) is 1.26. The predicted octanol–water partition coefficient (Wildman–Crippen LogP) is 1.09. The monoisotopic (exact) mass is 118 g/mol. The molecule has 0 N–H and O–H groups in total. The summed E-state index contributed by atoms with van der Waals surface area (Å²) in [6.45, 7) is 1.05. The minimum atomic E-state index is 0.264. The highest BCUT2D eigenvalue weighted by Crippen LogP contribution is 2.15. The van der Waals surface area contributed by atoms with Crippen LogP contribution in [0.15, 0.2) is 0 Å². The molecule has 1 nitrogen and oxygen atoms in total. The molecule has 1 saturated heterocycles. The zero-order chi connectivity index (χ0) is 5.28. The van der Waals surface area contributed by atoms with Gasteiger partial charge in [-0.1, -0.05) is 0 Å². The smallest absolute Gasteiger partial charge is 0.0851 e. The molecule has 0 amide bonds. The Labute approximate surface area is 49.3 Å². The summed E-state index contributed by atoms with van der Waals surface area (Å²) in [5.41, 5.74) is 0.264. The maximum absolute atomic E-state index is 5.76. The standard InChI is InChI=1S/C5H9ClN/c1-7-4-2-3-5(7)6/h2,5H,3-4H2,1H3. The SMILES string of the molecule is CN1C[CH]CC1Cl. The van der Waals surface area contributed by atoms with Gasteiger partial charge in [0.05, 0.1) is 5.50 Å². The lowest BCUT2D eigenvalue weighted by Crippen LogP contribution is -2.18. The summed E-state index contributed by atoms with van der Waals surface area (Å²) in [7, 11) is 2.03. The molecule has 0 bridgehead atoms. The Balaban J connectivity index is 2.33. The van der Waals surface area contributed by atoms with Gasteiger partial charge in [0.1, 0.15) is 0 Å². The second-order valence-electron chi connectivity index (χ2n) is 1.90. The molecule has 1 aliphatic heterocycles. The highest BCUT2D eigenvalue weighted by Gasteiger charge is 2.16. The van der Waals surface area contributed by atoms with E-state index in [9.17, 15) is 0 Å². The number of likely N-dealkylation sites (tertiary alicyclic amines) is 1. The van der Waals surface area contributed by atoms with Crippen LogP contribution in [-0.4, -0.2) is 24.0 Å². The van der Waals surface area contributed by atoms with E-state index < -0.39 is 0 Å². The van der Waals surface area contributed by atoms with Crippen LogP contribution in [0.3, 0.4) is 0 Å². The van der Waals surface area contributed by atoms with E-state index in [1.165, 1.54) is 0 Å². The van der Waals surface area contributed by atoms with E-state index >= 15 is 0 Å². The Kier molecular flexibility index (Phi) is 1.55. The van der Waals surface area contributed by atoms with Crippen LogP contribution in [0.4, 0.5) is 0 Å². The van der Waals surface area contributed by atoms with Crippen LogP contribution in [-0.2, 0) is 0 Å². The third-order valence-corrected chi connectivity index (χ3v) is 1.77. The molecule has 0 spiro atoms. The first-order chi connectivity index (χ1) is 3.30. The van der Waals surface area contributed by atoms with Crippen LogP contribution in [0.1, 0.15) is 6.42 Å². The van der Waals surface area contributed by atoms with Crippen molar-refractivity contribution in [2.24, 2.45) is 0 Å². The second-order valence-corrected chi connectivity index (χ2v) is 2.40. The summed E-state index contributed by atoms with van der Waals surface area (Å²) in [4.78, 5) is 2.11. The molecule has 1 unspecified atom stereocenters. The van der Waals surface area contributed by atoms with Crippen molar-refractivity contribution in [3.63, 3.8) is 0 Å². The Morgan fingerprint density at radius 3 is 2.71 bits per heavy atom. The molecule has 1 radical (unpaired) electrons. The van der Waals surface area contributed by atoms with Gasteiger partial charge >= 0.3 is 0 Å². The zero-order valence-electron chi connectivity index (χ0n) is 4.39. The zero-order valence-corrected chi connectivity index (χ0v) is 5.15. The highest BCUT2D eigenvalue weighted by atomic mass is 35.5. The fourth-order valence-electron chi connectivity index (χ4n) is 0.710. The molecule has 0 aromatic heterocycles. The van der Waals surface area contributed by atoms with Gasteiger partial charge in [-0.15, -0.1) is 11.6 Å². The summed E-state index contributed by atoms with van der Waals surface area (Å²) in [5.74, 6) is 0. The summed E-state index contributed by atoms with van der Waals surface area (Å²) in [6, 6.07) is 0. The topological polar surface area (TPSA) is 3.24 Å². The number of hydrogen-bond donors (Lipinski definition) is 0. The molecular weight excluding hydrogens is 110 g/mol. The Bertz CT molecular complexity index is 57.1. The van der Waals surface area contributed by atoms with E-state index in [2.05, 4.69) is 11.3 Å². The summed E-state index contributed by atoms with van der Waals surface area (Å²) < 4.78 is 0. The molecule has 1 atom stereocenters. The van der Waals surface area contributed by atoms with Gasteiger partial charge in [-0.3, -0.25) is 4.90 Å². The van der Waals surface area contributed by atoms with Gasteiger partial charge < -0.3 is 0 Å². The van der Waals surface area contributed by atoms with Crippen molar-refractivity contribution in [2.75, 3.05) is 13.6 Å². The van der Waals surface area contributed by atoms with E-state index in [1.807, 2.05) is 7.05 Å². The van der Waals surface area contributed by atoms with Crippen LogP contribution in [0, 0.1) is 6.42 Å². The van der Waals surface area contributed by atoms with Crippen LogP contribution < -0.4 is 0 Å². The first kappa shape index (κ1) is 5.39. The van der Waals surface area contributed by atoms with Crippen LogP contribution in [0.5, 0.6) is 0 Å². The van der Waals surface area contributed by atoms with Crippen LogP contribution in [0.2, 0.25) is 0 Å². The third kappa shape index (κ3) is 1.07. The van der Waals surface area contributed by atoms with Gasteiger partial charge in [0.15, 0.2) is 0 Å². The summed E-state index contributed by atoms with van der Waals surface area (Å²) in [6.07, 6.45) is 3.23. The van der Waals surface area contributed by atoms with Crippen LogP contribution >= 0.6 is 11.6 Å². The lowest BCUT2D eigenvalue weighted by atomic mass is 10.4. The van der Waals surface area contributed by atoms with Crippen molar-refractivity contribution in [1.29, 1.82) is 0 Å². The van der Waals surface area contributed by atoms with Crippen molar-refractivity contribution in [1.82, 2.24) is 4.90 Å². The molecule has 1 aliphatic rings. The summed E-state index contributed by atoms with van der Waals surface area (Å²) >= 11 is 5.76. The Morgan fingerprint density at radius 1 is 1.86 bits per heavy atom. The quantitative estimate of drug-likeness (QED) is 0.340. The number of hydrogen-bond acceptors (Lipinski definition) is 1. The van der Waals surface area contributed by atoms with Crippen LogP contribution in [0.25, 0.3) is 0 Å². The van der Waals surface area contributed by atoms with Gasteiger partial charge in [0.2, 0.25) is 0 Å². The van der Waals surface area contributed by atoms with Crippen molar-refractivity contribution < 1.29 is 0 Å². The molecule has 7 heavy (non-hydrogen) atoms. The van der Waals surface area contributed by atoms with E-state index in [0.29, 0.717) is 0 Å². The van der Waals surface area contributed by atoms with Gasteiger partial charge in [-0.05, 0) is 19.9 Å². The van der Waals surface area contributed by atoms with Crippen molar-refractivity contribution >= 4 is 11.6 Å². The molecule has 0 saturated carbocycles. The second kappa shape index (κ2) is 2.01. The summed E-state index contributed by atoms with van der Waals surface area (Å²) in [5, 5.41) is 0. The maximum atomic E-state index is 5.76. The van der Waals surface area contributed by atoms with E-state index in [1.54, 1.807) is 0 Å². The average molecular weight is 119 g/mol. The lowest BCUT2D eigenvalue weighted by Gasteiger charge is -2.09. The normalized spacial score (nSPS) is 34.3. The molecule has 2 heteroatoms. The first-order valence-corrected chi connectivity index (χ1v) is 2.90. The van der Waals surface area contributed by atoms with Gasteiger partial charge in [0.25, 0.3) is 0 Å². The van der Waals surface area contributed by atoms with Crippen molar-refractivity contribution in [2.45, 2.75) is 11.9 Å². The fourth-order valence-corrected chi connectivity index (χ4v) is 0.916. The van der Waals surface area contributed by atoms with Gasteiger partial charge in [-0.25, -0.2) is 0 Å². The molecule has 1 fully saturated rings. The largest absolute Gasteiger partial charge is 0.290 e. The van der Waals surface area contributed by atoms with E-state index in [0.717, 1.165) is 13.0 Å². The number of nitrogens with zero attached hydrogens (tertiary/aromatic N) is 1. The van der Waals surface area contributed by atoms with Crippen molar-refractivity contribution in [3.05, 3.63) is 6.42 Å². The molecule has 0 aliphatic carbocycles. The fraction of sp³-hybridized carbons (Fsp3) is 0.800. The van der Waals surface area contributed by atoms with Gasteiger partial charge in [0, 0.05) is 6.54 Å². The number of alkyl halides is 1. The molecule has 41 valence electrons. The number of halogens is 1. The predicted molar refractivity (Wildman–Crippen MR) is 31.2 cm³/mol. The first-order valence-electron chi connectivity index (χ1n) is 2.46.